The normalized spacial score (nSPS) is 18.4. The van der Waals surface area contributed by atoms with Gasteiger partial charge in [-0.2, -0.15) is 0 Å². The molecule has 2 nitrogen and oxygen atoms in total. The Kier molecular flexibility index (Phi) is 4.39. The largest absolute Gasteiger partial charge is 0.381 e. The Balaban J connectivity index is 1.85. The van der Waals surface area contributed by atoms with Crippen LogP contribution in [0.4, 0.5) is 0 Å². The van der Waals surface area contributed by atoms with Crippen molar-refractivity contribution in [3.63, 3.8) is 0 Å². The van der Waals surface area contributed by atoms with E-state index in [9.17, 15) is 0 Å². The number of rotatable bonds is 5. The molecule has 0 unspecified atom stereocenters. The molecule has 1 aromatic carbocycles. The lowest BCUT2D eigenvalue weighted by Gasteiger charge is -2.37. The third-order valence-electron chi connectivity index (χ3n) is 4.43. The average molecular weight is 289 g/mol. The van der Waals surface area contributed by atoms with E-state index in [0.717, 1.165) is 26.3 Å². The highest BCUT2D eigenvalue weighted by atomic mass is 32.1. The zero-order chi connectivity index (χ0) is 13.8. The quantitative estimate of drug-likeness (QED) is 0.902. The molecule has 0 amide bonds. The third-order valence-corrected chi connectivity index (χ3v) is 5.44. The third kappa shape index (κ3) is 2.90. The molecule has 3 heteroatoms. The van der Waals surface area contributed by atoms with E-state index in [1.807, 2.05) is 11.3 Å². The van der Waals surface area contributed by atoms with Gasteiger partial charge in [-0.15, -0.1) is 11.3 Å². The van der Waals surface area contributed by atoms with Gasteiger partial charge < -0.3 is 10.1 Å². The van der Waals surface area contributed by atoms with Crippen molar-refractivity contribution in [3.05, 3.63) is 35.2 Å². The summed E-state index contributed by atoms with van der Waals surface area (Å²) in [7, 11) is 0. The molecule has 2 aromatic rings. The molecule has 0 bridgehead atoms. The second kappa shape index (κ2) is 6.25. The van der Waals surface area contributed by atoms with Crippen LogP contribution in [0.1, 0.15) is 25.3 Å². The van der Waals surface area contributed by atoms with Gasteiger partial charge >= 0.3 is 0 Å². The predicted molar refractivity (Wildman–Crippen MR) is 86.6 cm³/mol. The van der Waals surface area contributed by atoms with Gasteiger partial charge in [0.25, 0.3) is 0 Å². The molecule has 1 aliphatic heterocycles. The van der Waals surface area contributed by atoms with Crippen molar-refractivity contribution in [2.45, 2.75) is 26.2 Å². The first kappa shape index (κ1) is 14.1. The zero-order valence-electron chi connectivity index (χ0n) is 12.2. The van der Waals surface area contributed by atoms with Gasteiger partial charge in [0.05, 0.1) is 0 Å². The fourth-order valence-corrected chi connectivity index (χ4v) is 4.15. The summed E-state index contributed by atoms with van der Waals surface area (Å²) in [5.74, 6) is 0. The van der Waals surface area contributed by atoms with Gasteiger partial charge in [-0.05, 0) is 53.6 Å². The smallest absolute Gasteiger partial charge is 0.0471 e. The lowest BCUT2D eigenvalue weighted by molar-refractivity contribution is 0.0154. The van der Waals surface area contributed by atoms with Crippen LogP contribution in [-0.2, 0) is 11.2 Å². The van der Waals surface area contributed by atoms with E-state index >= 15 is 0 Å². The minimum atomic E-state index is 0.373. The molecule has 1 N–H and O–H groups in total. The van der Waals surface area contributed by atoms with Gasteiger partial charge in [0.1, 0.15) is 0 Å². The molecule has 1 fully saturated rings. The summed E-state index contributed by atoms with van der Waals surface area (Å²) in [5.41, 5.74) is 1.89. The molecular formula is C17H23NOS. The maximum absolute atomic E-state index is 5.59. The first-order valence-corrected chi connectivity index (χ1v) is 8.44. The van der Waals surface area contributed by atoms with Crippen LogP contribution in [0.3, 0.4) is 0 Å². The van der Waals surface area contributed by atoms with Crippen molar-refractivity contribution in [1.29, 1.82) is 0 Å². The summed E-state index contributed by atoms with van der Waals surface area (Å²) in [6, 6.07) is 8.77. The minimum Gasteiger partial charge on any atom is -0.381 e. The molecule has 0 radical (unpaired) electrons. The Morgan fingerprint density at radius 3 is 2.85 bits per heavy atom. The van der Waals surface area contributed by atoms with E-state index in [0.29, 0.717) is 5.41 Å². The lowest BCUT2D eigenvalue weighted by Crippen LogP contribution is -2.40. The molecular weight excluding hydrogens is 266 g/mol. The summed E-state index contributed by atoms with van der Waals surface area (Å²) in [5, 5.41) is 7.37. The van der Waals surface area contributed by atoms with Crippen LogP contribution in [0, 0.1) is 5.41 Å². The van der Waals surface area contributed by atoms with Crippen molar-refractivity contribution in [1.82, 2.24) is 5.32 Å². The van der Waals surface area contributed by atoms with Gasteiger partial charge in [0.2, 0.25) is 0 Å². The van der Waals surface area contributed by atoms with Gasteiger partial charge in [0.15, 0.2) is 0 Å². The van der Waals surface area contributed by atoms with E-state index < -0.39 is 0 Å². The maximum atomic E-state index is 5.59. The summed E-state index contributed by atoms with van der Waals surface area (Å²) in [6.07, 6.45) is 3.52. The molecule has 0 spiro atoms. The summed E-state index contributed by atoms with van der Waals surface area (Å²) < 4.78 is 7.00. The Bertz CT molecular complexity index is 557. The fraction of sp³-hybridized carbons (Fsp3) is 0.529. The van der Waals surface area contributed by atoms with E-state index in [-0.39, 0.29) is 0 Å². The van der Waals surface area contributed by atoms with E-state index in [1.165, 1.54) is 34.9 Å². The van der Waals surface area contributed by atoms with Crippen molar-refractivity contribution in [2.24, 2.45) is 5.41 Å². The molecule has 1 saturated heterocycles. The number of nitrogens with one attached hydrogen (secondary N) is 1. The van der Waals surface area contributed by atoms with Crippen molar-refractivity contribution in [3.8, 4) is 0 Å². The Hall–Kier alpha value is -0.900. The average Bonchev–Trinajstić information content (AvgIpc) is 2.89. The van der Waals surface area contributed by atoms with Crippen molar-refractivity contribution < 1.29 is 4.74 Å². The van der Waals surface area contributed by atoms with Crippen molar-refractivity contribution in [2.75, 3.05) is 26.3 Å². The Labute approximate surface area is 125 Å². The van der Waals surface area contributed by atoms with Gasteiger partial charge in [0, 0.05) is 24.5 Å². The number of ether oxygens (including phenoxy) is 1. The highest BCUT2D eigenvalue weighted by Gasteiger charge is 2.33. The van der Waals surface area contributed by atoms with Crippen LogP contribution in [0.25, 0.3) is 10.1 Å². The number of fused-ring (bicyclic) bond motifs is 1. The number of hydrogen-bond donors (Lipinski definition) is 1. The van der Waals surface area contributed by atoms with Crippen LogP contribution in [0.15, 0.2) is 29.6 Å². The molecule has 1 aromatic heterocycles. The number of hydrogen-bond acceptors (Lipinski definition) is 3. The van der Waals surface area contributed by atoms with Crippen molar-refractivity contribution >= 4 is 21.4 Å². The zero-order valence-corrected chi connectivity index (χ0v) is 13.0. The van der Waals surface area contributed by atoms with Crippen LogP contribution >= 0.6 is 11.3 Å². The monoisotopic (exact) mass is 289 g/mol. The molecule has 1 aliphatic rings. The molecule has 3 rings (SSSR count). The van der Waals surface area contributed by atoms with E-state index in [2.05, 4.69) is 41.9 Å². The van der Waals surface area contributed by atoms with Gasteiger partial charge in [-0.1, -0.05) is 25.1 Å². The van der Waals surface area contributed by atoms with E-state index in [1.54, 1.807) is 0 Å². The molecule has 108 valence electrons. The highest BCUT2D eigenvalue weighted by molar-refractivity contribution is 7.17. The van der Waals surface area contributed by atoms with Crippen LogP contribution in [0.2, 0.25) is 0 Å². The number of benzene rings is 1. The number of thiophene rings is 1. The standard InChI is InChI=1S/C17H23NOS/c1-2-18-13-17(7-9-19-10-8-17)11-14-12-20-16-6-4-3-5-15(14)16/h3-6,12,18H,2,7-11,13H2,1H3. The predicted octanol–water partition coefficient (Wildman–Crippen LogP) is 3.85. The summed E-state index contributed by atoms with van der Waals surface area (Å²) in [6.45, 7) is 6.16. The summed E-state index contributed by atoms with van der Waals surface area (Å²) >= 11 is 1.87. The second-order valence-electron chi connectivity index (χ2n) is 5.83. The lowest BCUT2D eigenvalue weighted by atomic mass is 9.75. The Morgan fingerprint density at radius 1 is 1.25 bits per heavy atom. The second-order valence-corrected chi connectivity index (χ2v) is 6.74. The molecule has 0 atom stereocenters. The summed E-state index contributed by atoms with van der Waals surface area (Å²) in [4.78, 5) is 0. The van der Waals surface area contributed by atoms with Gasteiger partial charge in [-0.25, -0.2) is 0 Å². The fourth-order valence-electron chi connectivity index (χ4n) is 3.18. The van der Waals surface area contributed by atoms with Gasteiger partial charge in [-0.3, -0.25) is 0 Å². The van der Waals surface area contributed by atoms with Crippen LogP contribution in [-0.4, -0.2) is 26.3 Å². The molecule has 2 heterocycles. The maximum Gasteiger partial charge on any atom is 0.0471 e. The van der Waals surface area contributed by atoms with Crippen LogP contribution < -0.4 is 5.32 Å². The van der Waals surface area contributed by atoms with Crippen LogP contribution in [0.5, 0.6) is 0 Å². The Morgan fingerprint density at radius 2 is 2.05 bits per heavy atom. The SMILES string of the molecule is CCNCC1(Cc2csc3ccccc23)CCOCC1. The first-order valence-electron chi connectivity index (χ1n) is 7.57. The first-order chi connectivity index (χ1) is 9.83. The topological polar surface area (TPSA) is 21.3 Å². The molecule has 0 aliphatic carbocycles. The molecule has 20 heavy (non-hydrogen) atoms. The van der Waals surface area contributed by atoms with E-state index in [4.69, 9.17) is 4.74 Å². The molecule has 0 saturated carbocycles. The highest BCUT2D eigenvalue weighted by Crippen LogP contribution is 2.37. The minimum absolute atomic E-state index is 0.373.